The van der Waals surface area contributed by atoms with Crippen molar-refractivity contribution >= 4 is 11.8 Å². The van der Waals surface area contributed by atoms with Crippen molar-refractivity contribution in [3.8, 4) is 22.8 Å². The van der Waals surface area contributed by atoms with E-state index in [1.165, 1.54) is 11.8 Å². The summed E-state index contributed by atoms with van der Waals surface area (Å²) >= 11 is 1.47. The van der Waals surface area contributed by atoms with Gasteiger partial charge in [0.15, 0.2) is 5.82 Å². The topological polar surface area (TPSA) is 65.7 Å². The molecule has 4 rings (SSSR count). The first-order chi connectivity index (χ1) is 12.8. The molecular formula is C19H15N5OS. The van der Waals surface area contributed by atoms with Crippen LogP contribution in [0, 0.1) is 0 Å². The molecular weight excluding hydrogens is 346 g/mol. The van der Waals surface area contributed by atoms with Crippen LogP contribution < -0.4 is 4.74 Å². The van der Waals surface area contributed by atoms with Crippen LogP contribution >= 0.6 is 11.8 Å². The SMILES string of the molecule is COc1ccc(-n2c(Sc3ccccn3)nnc2-c2ccncc2)cc1. The average molecular weight is 361 g/mol. The second-order valence-electron chi connectivity index (χ2n) is 5.35. The number of methoxy groups -OCH3 is 1. The van der Waals surface area contributed by atoms with Crippen molar-refractivity contribution in [2.24, 2.45) is 0 Å². The molecule has 0 aliphatic rings. The molecule has 7 heteroatoms. The quantitative estimate of drug-likeness (QED) is 0.537. The minimum atomic E-state index is 0.737. The lowest BCUT2D eigenvalue weighted by atomic mass is 10.2. The highest BCUT2D eigenvalue weighted by Gasteiger charge is 2.17. The van der Waals surface area contributed by atoms with E-state index in [0.29, 0.717) is 0 Å². The lowest BCUT2D eigenvalue weighted by Gasteiger charge is -2.10. The molecule has 26 heavy (non-hydrogen) atoms. The van der Waals surface area contributed by atoms with Gasteiger partial charge in [0, 0.05) is 24.2 Å². The molecule has 0 saturated carbocycles. The van der Waals surface area contributed by atoms with Crippen molar-refractivity contribution in [1.82, 2.24) is 24.7 Å². The number of nitrogens with zero attached hydrogens (tertiary/aromatic N) is 5. The van der Waals surface area contributed by atoms with Gasteiger partial charge in [0.2, 0.25) is 5.16 Å². The Morgan fingerprint density at radius 2 is 1.69 bits per heavy atom. The van der Waals surface area contributed by atoms with Crippen LogP contribution in [0.5, 0.6) is 5.75 Å². The maximum Gasteiger partial charge on any atom is 0.202 e. The fourth-order valence-corrected chi connectivity index (χ4v) is 3.30. The second kappa shape index (κ2) is 7.37. The first-order valence-corrected chi connectivity index (χ1v) is 8.76. The van der Waals surface area contributed by atoms with Gasteiger partial charge in [-0.05, 0) is 60.3 Å². The van der Waals surface area contributed by atoms with E-state index in [-0.39, 0.29) is 0 Å². The van der Waals surface area contributed by atoms with Crippen molar-refractivity contribution in [3.05, 3.63) is 73.2 Å². The Kier molecular flexibility index (Phi) is 4.61. The van der Waals surface area contributed by atoms with E-state index in [2.05, 4.69) is 20.2 Å². The fourth-order valence-electron chi connectivity index (χ4n) is 2.49. The van der Waals surface area contributed by atoms with Gasteiger partial charge in [-0.1, -0.05) is 6.07 Å². The van der Waals surface area contributed by atoms with Crippen LogP contribution in [0.3, 0.4) is 0 Å². The van der Waals surface area contributed by atoms with Crippen LogP contribution in [0.2, 0.25) is 0 Å². The Hall–Kier alpha value is -3.19. The number of benzene rings is 1. The lowest BCUT2D eigenvalue weighted by molar-refractivity contribution is 0.414. The molecule has 3 heterocycles. The zero-order valence-electron chi connectivity index (χ0n) is 14.0. The molecule has 0 amide bonds. The summed E-state index contributed by atoms with van der Waals surface area (Å²) in [6.45, 7) is 0. The summed E-state index contributed by atoms with van der Waals surface area (Å²) in [6, 6.07) is 17.4. The minimum Gasteiger partial charge on any atom is -0.497 e. The predicted octanol–water partition coefficient (Wildman–Crippen LogP) is 3.88. The monoisotopic (exact) mass is 361 g/mol. The molecule has 128 valence electrons. The summed E-state index contributed by atoms with van der Waals surface area (Å²) in [5, 5.41) is 10.4. The van der Waals surface area contributed by atoms with Gasteiger partial charge in [-0.25, -0.2) is 4.98 Å². The molecule has 0 aliphatic carbocycles. The molecule has 0 saturated heterocycles. The van der Waals surface area contributed by atoms with Gasteiger partial charge < -0.3 is 4.74 Å². The number of aromatic nitrogens is 5. The highest BCUT2D eigenvalue weighted by Crippen LogP contribution is 2.31. The van der Waals surface area contributed by atoms with Crippen LogP contribution in [0.15, 0.2) is 83.4 Å². The minimum absolute atomic E-state index is 0.737. The fraction of sp³-hybridized carbons (Fsp3) is 0.0526. The Morgan fingerprint density at radius 1 is 0.885 bits per heavy atom. The normalized spacial score (nSPS) is 10.7. The Labute approximate surface area is 154 Å². The number of ether oxygens (including phenoxy) is 1. The molecule has 1 aromatic carbocycles. The smallest absolute Gasteiger partial charge is 0.202 e. The summed E-state index contributed by atoms with van der Waals surface area (Å²) in [4.78, 5) is 8.45. The molecule has 0 atom stereocenters. The standard InChI is InChI=1S/C19H15N5OS/c1-25-16-7-5-15(6-8-16)24-18(14-9-12-20-13-10-14)22-23-19(24)26-17-4-2-3-11-21-17/h2-13H,1H3. The molecule has 0 N–H and O–H groups in total. The van der Waals surface area contributed by atoms with Crippen LogP contribution in [0.4, 0.5) is 0 Å². The van der Waals surface area contributed by atoms with Gasteiger partial charge in [-0.2, -0.15) is 0 Å². The van der Waals surface area contributed by atoms with Gasteiger partial charge >= 0.3 is 0 Å². The van der Waals surface area contributed by atoms with Crippen LogP contribution in [-0.4, -0.2) is 31.8 Å². The van der Waals surface area contributed by atoms with E-state index >= 15 is 0 Å². The number of hydrogen-bond acceptors (Lipinski definition) is 6. The summed E-state index contributed by atoms with van der Waals surface area (Å²) < 4.78 is 7.27. The van der Waals surface area contributed by atoms with Gasteiger partial charge in [0.25, 0.3) is 0 Å². The molecule has 3 aromatic heterocycles. The van der Waals surface area contributed by atoms with Gasteiger partial charge in [0.05, 0.1) is 12.8 Å². The zero-order valence-corrected chi connectivity index (χ0v) is 14.8. The summed E-state index contributed by atoms with van der Waals surface area (Å²) in [7, 11) is 1.65. The molecule has 0 aliphatic heterocycles. The molecule has 6 nitrogen and oxygen atoms in total. The van der Waals surface area contributed by atoms with Crippen molar-refractivity contribution in [3.63, 3.8) is 0 Å². The molecule has 0 fully saturated rings. The van der Waals surface area contributed by atoms with E-state index in [1.807, 2.05) is 59.2 Å². The van der Waals surface area contributed by atoms with Gasteiger partial charge in [-0.15, -0.1) is 10.2 Å². The first-order valence-electron chi connectivity index (χ1n) is 7.94. The molecule has 0 radical (unpaired) electrons. The van der Waals surface area contributed by atoms with E-state index < -0.39 is 0 Å². The maximum atomic E-state index is 5.26. The average Bonchev–Trinajstić information content (AvgIpc) is 3.13. The third-order valence-corrected chi connectivity index (χ3v) is 4.63. The second-order valence-corrected chi connectivity index (χ2v) is 6.33. The third-order valence-electron chi connectivity index (χ3n) is 3.74. The lowest BCUT2D eigenvalue weighted by Crippen LogP contribution is -2.00. The highest BCUT2D eigenvalue weighted by molar-refractivity contribution is 7.99. The van der Waals surface area contributed by atoms with Crippen molar-refractivity contribution in [2.45, 2.75) is 10.2 Å². The Balaban J connectivity index is 1.82. The van der Waals surface area contributed by atoms with Crippen LogP contribution in [0.25, 0.3) is 17.1 Å². The van der Waals surface area contributed by atoms with Crippen molar-refractivity contribution < 1.29 is 4.74 Å². The highest BCUT2D eigenvalue weighted by atomic mass is 32.2. The predicted molar refractivity (Wildman–Crippen MR) is 99.5 cm³/mol. The van der Waals surface area contributed by atoms with Crippen molar-refractivity contribution in [2.75, 3.05) is 7.11 Å². The van der Waals surface area contributed by atoms with Gasteiger partial charge in [-0.3, -0.25) is 9.55 Å². The summed E-state index contributed by atoms with van der Waals surface area (Å²) in [5.74, 6) is 1.54. The van der Waals surface area contributed by atoms with E-state index in [9.17, 15) is 0 Å². The summed E-state index contributed by atoms with van der Waals surface area (Å²) in [6.07, 6.45) is 5.25. The molecule has 0 bridgehead atoms. The molecule has 0 unspecified atom stereocenters. The molecule has 4 aromatic rings. The first kappa shape index (κ1) is 16.3. The van der Waals surface area contributed by atoms with E-state index in [4.69, 9.17) is 4.74 Å². The Morgan fingerprint density at radius 3 is 2.38 bits per heavy atom. The van der Waals surface area contributed by atoms with Gasteiger partial charge in [0.1, 0.15) is 10.8 Å². The van der Waals surface area contributed by atoms with E-state index in [1.54, 1.807) is 25.7 Å². The number of hydrogen-bond donors (Lipinski definition) is 0. The number of pyridine rings is 2. The van der Waals surface area contributed by atoms with Crippen LogP contribution in [-0.2, 0) is 0 Å². The van der Waals surface area contributed by atoms with E-state index in [0.717, 1.165) is 33.0 Å². The maximum absolute atomic E-state index is 5.26. The Bertz CT molecular complexity index is 988. The zero-order chi connectivity index (χ0) is 17.8. The largest absolute Gasteiger partial charge is 0.497 e. The van der Waals surface area contributed by atoms with Crippen molar-refractivity contribution in [1.29, 1.82) is 0 Å². The number of rotatable bonds is 5. The third kappa shape index (κ3) is 3.29. The van der Waals surface area contributed by atoms with Crippen LogP contribution in [0.1, 0.15) is 0 Å². The molecule has 0 spiro atoms. The summed E-state index contributed by atoms with van der Waals surface area (Å²) in [5.41, 5.74) is 1.89.